The van der Waals surface area contributed by atoms with Crippen molar-refractivity contribution in [2.45, 2.75) is 37.8 Å². The van der Waals surface area contributed by atoms with Crippen LogP contribution in [0.3, 0.4) is 0 Å². The van der Waals surface area contributed by atoms with E-state index in [1.807, 2.05) is 12.1 Å². The Bertz CT molecular complexity index is 450. The second-order valence-corrected chi connectivity index (χ2v) is 6.83. The molecule has 1 N–H and O–H groups in total. The van der Waals surface area contributed by atoms with Gasteiger partial charge in [0, 0.05) is 34.6 Å². The van der Waals surface area contributed by atoms with Gasteiger partial charge in [-0.15, -0.1) is 0 Å². The predicted octanol–water partition coefficient (Wildman–Crippen LogP) is 4.32. The molecule has 4 heteroatoms. The van der Waals surface area contributed by atoms with Gasteiger partial charge in [-0.3, -0.25) is 0 Å². The Balaban J connectivity index is 1.74. The van der Waals surface area contributed by atoms with Crippen LogP contribution < -0.4 is 5.32 Å². The molecule has 104 valence electrons. The highest BCUT2D eigenvalue weighted by atomic mass is 79.9. The summed E-state index contributed by atoms with van der Waals surface area (Å²) in [6.45, 7) is 1.92. The summed E-state index contributed by atoms with van der Waals surface area (Å²) in [4.78, 5) is 0. The molecule has 1 aromatic rings. The van der Waals surface area contributed by atoms with Gasteiger partial charge in [0.05, 0.1) is 6.10 Å². The normalized spacial score (nSPS) is 27.5. The lowest BCUT2D eigenvalue weighted by atomic mass is 9.89. The third-order valence-electron chi connectivity index (χ3n) is 3.96. The maximum Gasteiger partial charge on any atom is 0.0876 e. The molecule has 2 unspecified atom stereocenters. The van der Waals surface area contributed by atoms with E-state index in [1.165, 1.54) is 31.2 Å². The van der Waals surface area contributed by atoms with Crippen molar-refractivity contribution >= 4 is 27.5 Å². The van der Waals surface area contributed by atoms with Crippen molar-refractivity contribution in [2.75, 3.05) is 13.2 Å². The minimum Gasteiger partial charge on any atom is -0.373 e. The number of hydrogen-bond donors (Lipinski definition) is 1. The lowest BCUT2D eigenvalue weighted by Gasteiger charge is -2.33. The smallest absolute Gasteiger partial charge is 0.0876 e. The quantitative estimate of drug-likeness (QED) is 0.878. The van der Waals surface area contributed by atoms with E-state index in [2.05, 4.69) is 27.3 Å². The van der Waals surface area contributed by atoms with Crippen molar-refractivity contribution < 1.29 is 4.74 Å². The Labute approximate surface area is 128 Å². The fraction of sp³-hybridized carbons (Fsp3) is 0.600. The van der Waals surface area contributed by atoms with Crippen LogP contribution in [0.4, 0.5) is 0 Å². The third kappa shape index (κ3) is 3.52. The molecule has 3 rings (SSSR count). The fourth-order valence-electron chi connectivity index (χ4n) is 2.73. The minimum absolute atomic E-state index is 0.187. The first-order chi connectivity index (χ1) is 9.24. The molecule has 0 spiro atoms. The van der Waals surface area contributed by atoms with E-state index in [1.54, 1.807) is 0 Å². The van der Waals surface area contributed by atoms with Gasteiger partial charge in [0.2, 0.25) is 0 Å². The maximum atomic E-state index is 6.04. The molecule has 0 radical (unpaired) electrons. The fourth-order valence-corrected chi connectivity index (χ4v) is 3.64. The van der Waals surface area contributed by atoms with Crippen LogP contribution in [0.5, 0.6) is 0 Å². The van der Waals surface area contributed by atoms with Crippen LogP contribution in [-0.4, -0.2) is 19.2 Å². The molecule has 2 fully saturated rings. The first-order valence-corrected chi connectivity index (χ1v) is 8.21. The van der Waals surface area contributed by atoms with Gasteiger partial charge in [-0.1, -0.05) is 33.6 Å². The molecule has 0 bridgehead atoms. The molecule has 1 saturated carbocycles. The van der Waals surface area contributed by atoms with Crippen molar-refractivity contribution in [2.24, 2.45) is 5.92 Å². The topological polar surface area (TPSA) is 21.3 Å². The highest BCUT2D eigenvalue weighted by Gasteiger charge is 2.30. The number of hydrogen-bond acceptors (Lipinski definition) is 2. The summed E-state index contributed by atoms with van der Waals surface area (Å²) in [5.74, 6) is 0.562. The van der Waals surface area contributed by atoms with Crippen LogP contribution in [0.15, 0.2) is 22.7 Å². The summed E-state index contributed by atoms with van der Waals surface area (Å²) in [5, 5.41) is 4.40. The average Bonchev–Trinajstić information content (AvgIpc) is 3.21. The van der Waals surface area contributed by atoms with Crippen molar-refractivity contribution in [3.8, 4) is 0 Å². The third-order valence-corrected chi connectivity index (χ3v) is 4.88. The number of nitrogens with one attached hydrogen (secondary N) is 1. The van der Waals surface area contributed by atoms with Gasteiger partial charge in [-0.2, -0.15) is 0 Å². The van der Waals surface area contributed by atoms with Gasteiger partial charge in [0.1, 0.15) is 0 Å². The van der Waals surface area contributed by atoms with Crippen LogP contribution in [0.1, 0.15) is 37.4 Å². The Kier molecular flexibility index (Phi) is 4.47. The van der Waals surface area contributed by atoms with Crippen LogP contribution >= 0.6 is 27.5 Å². The molecule has 1 heterocycles. The molecule has 1 aromatic carbocycles. The molecule has 0 amide bonds. The van der Waals surface area contributed by atoms with E-state index in [0.29, 0.717) is 5.92 Å². The number of ether oxygens (including phenoxy) is 1. The zero-order valence-electron chi connectivity index (χ0n) is 10.9. The van der Waals surface area contributed by atoms with E-state index < -0.39 is 0 Å². The molecule has 0 aromatic heterocycles. The van der Waals surface area contributed by atoms with E-state index in [9.17, 15) is 0 Å². The molecule has 2 nitrogen and oxygen atoms in total. The Morgan fingerprint density at radius 3 is 2.89 bits per heavy atom. The number of halogens is 2. The highest BCUT2D eigenvalue weighted by molar-refractivity contribution is 9.10. The number of benzene rings is 1. The summed E-state index contributed by atoms with van der Waals surface area (Å²) in [7, 11) is 0. The van der Waals surface area contributed by atoms with Crippen molar-refractivity contribution in [1.29, 1.82) is 0 Å². The Morgan fingerprint density at radius 1 is 1.32 bits per heavy atom. The molecule has 1 aliphatic heterocycles. The van der Waals surface area contributed by atoms with Crippen molar-refractivity contribution in [3.05, 3.63) is 33.3 Å². The lowest BCUT2D eigenvalue weighted by Crippen LogP contribution is -2.33. The maximum absolute atomic E-state index is 6.04. The predicted molar refractivity (Wildman–Crippen MR) is 81.6 cm³/mol. The van der Waals surface area contributed by atoms with Crippen molar-refractivity contribution in [3.63, 3.8) is 0 Å². The molecule has 19 heavy (non-hydrogen) atoms. The Hall–Kier alpha value is -0.0900. The van der Waals surface area contributed by atoms with Crippen molar-refractivity contribution in [1.82, 2.24) is 5.32 Å². The van der Waals surface area contributed by atoms with E-state index >= 15 is 0 Å². The Morgan fingerprint density at radius 2 is 2.16 bits per heavy atom. The zero-order chi connectivity index (χ0) is 13.2. The monoisotopic (exact) mass is 343 g/mol. The van der Waals surface area contributed by atoms with E-state index in [4.69, 9.17) is 16.3 Å². The first kappa shape index (κ1) is 13.9. The summed E-state index contributed by atoms with van der Waals surface area (Å²) >= 11 is 9.64. The second-order valence-electron chi connectivity index (χ2n) is 5.54. The molecule has 2 aliphatic rings. The van der Waals surface area contributed by atoms with Gasteiger partial charge < -0.3 is 10.1 Å². The standard InChI is InChI=1S/C15H19BrClNO/c16-14-8-11(17)3-6-13(14)15-10(2-1-7-19-15)9-18-12-4-5-12/h3,6,8,10,12,15,18H,1-2,4-5,7,9H2. The zero-order valence-corrected chi connectivity index (χ0v) is 13.2. The highest BCUT2D eigenvalue weighted by Crippen LogP contribution is 2.38. The van der Waals surface area contributed by atoms with Gasteiger partial charge in [0.15, 0.2) is 0 Å². The van der Waals surface area contributed by atoms with Gasteiger partial charge in [-0.05, 0) is 43.4 Å². The largest absolute Gasteiger partial charge is 0.373 e. The number of rotatable bonds is 4. The molecule has 2 atom stereocenters. The molecular formula is C15H19BrClNO. The van der Waals surface area contributed by atoms with E-state index in [0.717, 1.165) is 28.7 Å². The minimum atomic E-state index is 0.187. The van der Waals surface area contributed by atoms with Crippen LogP contribution in [-0.2, 0) is 4.74 Å². The van der Waals surface area contributed by atoms with Crippen LogP contribution in [0.2, 0.25) is 5.02 Å². The SMILES string of the molecule is Clc1ccc(C2OCCCC2CNC2CC2)c(Br)c1. The summed E-state index contributed by atoms with van der Waals surface area (Å²) in [6.07, 6.45) is 5.26. The summed E-state index contributed by atoms with van der Waals surface area (Å²) in [6, 6.07) is 6.76. The van der Waals surface area contributed by atoms with Crippen LogP contribution in [0, 0.1) is 5.92 Å². The lowest BCUT2D eigenvalue weighted by molar-refractivity contribution is -0.0282. The molecule has 1 aliphatic carbocycles. The first-order valence-electron chi connectivity index (χ1n) is 7.04. The van der Waals surface area contributed by atoms with Gasteiger partial charge in [0.25, 0.3) is 0 Å². The molecule has 1 saturated heterocycles. The average molecular weight is 345 g/mol. The second kappa shape index (κ2) is 6.13. The van der Waals surface area contributed by atoms with Crippen LogP contribution in [0.25, 0.3) is 0 Å². The summed E-state index contributed by atoms with van der Waals surface area (Å²) < 4.78 is 7.10. The van der Waals surface area contributed by atoms with Gasteiger partial charge >= 0.3 is 0 Å². The molecular weight excluding hydrogens is 326 g/mol. The summed E-state index contributed by atoms with van der Waals surface area (Å²) in [5.41, 5.74) is 1.23. The van der Waals surface area contributed by atoms with Gasteiger partial charge in [-0.25, -0.2) is 0 Å². The van der Waals surface area contributed by atoms with E-state index in [-0.39, 0.29) is 6.10 Å².